The van der Waals surface area contributed by atoms with Crippen molar-refractivity contribution in [1.82, 2.24) is 10.6 Å². The van der Waals surface area contributed by atoms with Crippen LogP contribution in [0.1, 0.15) is 78.1 Å². The SMILES string of the molecule is CC(C)[C@@H]1NC(=O)CCCCCCCC(=O)NCCCCCOC1=O. The third-order valence-corrected chi connectivity index (χ3v) is 4.43. The fourth-order valence-electron chi connectivity index (χ4n) is 2.83. The maximum atomic E-state index is 12.2. The number of carbonyl (C=O) groups is 3. The number of esters is 1. The molecule has 0 unspecified atom stereocenters. The third-order valence-electron chi connectivity index (χ3n) is 4.43. The van der Waals surface area contributed by atoms with Gasteiger partial charge in [-0.1, -0.05) is 33.1 Å². The largest absolute Gasteiger partial charge is 0.464 e. The van der Waals surface area contributed by atoms with Gasteiger partial charge in [0.1, 0.15) is 6.04 Å². The number of hydrogen-bond donors (Lipinski definition) is 2. The summed E-state index contributed by atoms with van der Waals surface area (Å²) in [4.78, 5) is 35.9. The number of amides is 2. The van der Waals surface area contributed by atoms with E-state index in [9.17, 15) is 14.4 Å². The van der Waals surface area contributed by atoms with Crippen molar-refractivity contribution in [3.63, 3.8) is 0 Å². The molecule has 0 aromatic heterocycles. The molecule has 2 amide bonds. The summed E-state index contributed by atoms with van der Waals surface area (Å²) in [5.74, 6) is -0.327. The van der Waals surface area contributed by atoms with E-state index in [1.165, 1.54) is 0 Å². The maximum Gasteiger partial charge on any atom is 0.328 e. The Morgan fingerprint density at radius 2 is 1.44 bits per heavy atom. The van der Waals surface area contributed by atoms with Crippen LogP contribution in [0, 0.1) is 5.92 Å². The summed E-state index contributed by atoms with van der Waals surface area (Å²) < 4.78 is 5.31. The van der Waals surface area contributed by atoms with Gasteiger partial charge in [-0.3, -0.25) is 9.59 Å². The van der Waals surface area contributed by atoms with Gasteiger partial charge in [-0.25, -0.2) is 4.79 Å². The molecule has 1 aliphatic rings. The van der Waals surface area contributed by atoms with Gasteiger partial charge in [0.05, 0.1) is 6.61 Å². The molecular formula is C19H34N2O4. The van der Waals surface area contributed by atoms with Crippen molar-refractivity contribution in [1.29, 1.82) is 0 Å². The Bertz CT molecular complexity index is 424. The zero-order valence-corrected chi connectivity index (χ0v) is 15.8. The molecule has 1 atom stereocenters. The van der Waals surface area contributed by atoms with Gasteiger partial charge >= 0.3 is 5.97 Å². The summed E-state index contributed by atoms with van der Waals surface area (Å²) in [5.41, 5.74) is 0. The van der Waals surface area contributed by atoms with Crippen molar-refractivity contribution < 1.29 is 19.1 Å². The van der Waals surface area contributed by atoms with Gasteiger partial charge in [-0.05, 0) is 38.0 Å². The standard InChI is InChI=1S/C19H34N2O4/c1-15(2)18-19(24)25-14-10-6-9-13-20-16(22)11-7-4-3-5-8-12-17(23)21-18/h15,18H,3-14H2,1-2H3,(H,20,22)(H,21,23)/t18-/m0/s1. The molecule has 1 fully saturated rings. The van der Waals surface area contributed by atoms with E-state index in [0.717, 1.165) is 51.4 Å². The third kappa shape index (κ3) is 10.1. The molecule has 0 spiro atoms. The number of carbonyl (C=O) groups excluding carboxylic acids is 3. The van der Waals surface area contributed by atoms with E-state index in [4.69, 9.17) is 4.74 Å². The normalized spacial score (nSPS) is 23.6. The van der Waals surface area contributed by atoms with Crippen LogP contribution in [0.5, 0.6) is 0 Å². The summed E-state index contributed by atoms with van der Waals surface area (Å²) in [6, 6.07) is -0.575. The molecule has 1 aliphatic heterocycles. The molecule has 6 heteroatoms. The van der Waals surface area contributed by atoms with Gasteiger partial charge in [0.25, 0.3) is 0 Å². The van der Waals surface area contributed by atoms with Crippen molar-refractivity contribution in [3.05, 3.63) is 0 Å². The lowest BCUT2D eigenvalue weighted by molar-refractivity contribution is -0.149. The first kappa shape index (κ1) is 21.5. The molecule has 1 heterocycles. The zero-order valence-electron chi connectivity index (χ0n) is 15.8. The first-order valence-electron chi connectivity index (χ1n) is 9.73. The van der Waals surface area contributed by atoms with E-state index < -0.39 is 6.04 Å². The van der Waals surface area contributed by atoms with E-state index in [-0.39, 0.29) is 23.7 Å². The molecule has 1 saturated heterocycles. The van der Waals surface area contributed by atoms with Crippen LogP contribution in [0.15, 0.2) is 0 Å². The Morgan fingerprint density at radius 1 is 0.840 bits per heavy atom. The van der Waals surface area contributed by atoms with Crippen molar-refractivity contribution in [2.45, 2.75) is 84.1 Å². The summed E-state index contributed by atoms with van der Waals surface area (Å²) in [5, 5.41) is 5.75. The van der Waals surface area contributed by atoms with E-state index in [0.29, 0.717) is 26.0 Å². The Kier molecular flexibility index (Phi) is 10.9. The number of nitrogens with one attached hydrogen (secondary N) is 2. The van der Waals surface area contributed by atoms with Crippen molar-refractivity contribution in [2.24, 2.45) is 5.92 Å². The van der Waals surface area contributed by atoms with E-state index in [1.807, 2.05) is 13.8 Å². The highest BCUT2D eigenvalue weighted by molar-refractivity contribution is 5.84. The number of cyclic esters (lactones) is 1. The van der Waals surface area contributed by atoms with Gasteiger partial charge in [0.15, 0.2) is 0 Å². The lowest BCUT2D eigenvalue weighted by atomic mass is 10.0. The molecule has 0 aromatic carbocycles. The quantitative estimate of drug-likeness (QED) is 0.709. The minimum Gasteiger partial charge on any atom is -0.464 e. The summed E-state index contributed by atoms with van der Waals surface area (Å²) in [6.07, 6.45) is 8.25. The van der Waals surface area contributed by atoms with Gasteiger partial charge < -0.3 is 15.4 Å². The molecule has 2 N–H and O–H groups in total. The summed E-state index contributed by atoms with van der Waals surface area (Å²) in [7, 11) is 0. The van der Waals surface area contributed by atoms with Crippen molar-refractivity contribution in [2.75, 3.05) is 13.2 Å². The highest BCUT2D eigenvalue weighted by Crippen LogP contribution is 2.10. The Morgan fingerprint density at radius 3 is 2.12 bits per heavy atom. The Labute approximate surface area is 151 Å². The molecule has 1 rings (SSSR count). The second kappa shape index (κ2) is 12.7. The predicted octanol–water partition coefficient (Wildman–Crippen LogP) is 2.70. The van der Waals surface area contributed by atoms with Gasteiger partial charge in [-0.15, -0.1) is 0 Å². The number of rotatable bonds is 1. The first-order chi connectivity index (χ1) is 12.0. The molecule has 0 bridgehead atoms. The van der Waals surface area contributed by atoms with Crippen molar-refractivity contribution >= 4 is 17.8 Å². The van der Waals surface area contributed by atoms with Gasteiger partial charge in [-0.2, -0.15) is 0 Å². The predicted molar refractivity (Wildman–Crippen MR) is 96.9 cm³/mol. The lowest BCUT2D eigenvalue weighted by Crippen LogP contribution is -2.45. The maximum absolute atomic E-state index is 12.2. The highest BCUT2D eigenvalue weighted by atomic mass is 16.5. The molecule has 25 heavy (non-hydrogen) atoms. The first-order valence-corrected chi connectivity index (χ1v) is 9.73. The molecule has 0 radical (unpaired) electrons. The average molecular weight is 354 g/mol. The summed E-state index contributed by atoms with van der Waals surface area (Å²) >= 11 is 0. The summed E-state index contributed by atoms with van der Waals surface area (Å²) in [6.45, 7) is 4.85. The van der Waals surface area contributed by atoms with Crippen LogP contribution in [0.2, 0.25) is 0 Å². The minimum absolute atomic E-state index is 0.000714. The molecule has 0 saturated carbocycles. The monoisotopic (exact) mass is 354 g/mol. The number of hydrogen-bond acceptors (Lipinski definition) is 4. The topological polar surface area (TPSA) is 84.5 Å². The van der Waals surface area contributed by atoms with Crippen LogP contribution in [-0.2, 0) is 19.1 Å². The highest BCUT2D eigenvalue weighted by Gasteiger charge is 2.25. The number of ether oxygens (including phenoxy) is 1. The zero-order chi connectivity index (χ0) is 18.5. The Balaban J connectivity index is 2.50. The van der Waals surface area contributed by atoms with Crippen molar-refractivity contribution in [3.8, 4) is 0 Å². The van der Waals surface area contributed by atoms with Crippen LogP contribution >= 0.6 is 0 Å². The molecule has 6 nitrogen and oxygen atoms in total. The van der Waals surface area contributed by atoms with Crippen LogP contribution in [0.4, 0.5) is 0 Å². The fraction of sp³-hybridized carbons (Fsp3) is 0.842. The van der Waals surface area contributed by atoms with E-state index in [1.54, 1.807) is 0 Å². The van der Waals surface area contributed by atoms with Crippen LogP contribution in [0.3, 0.4) is 0 Å². The van der Waals surface area contributed by atoms with Gasteiger partial charge in [0, 0.05) is 19.4 Å². The average Bonchev–Trinajstić information content (AvgIpc) is 2.56. The van der Waals surface area contributed by atoms with Crippen LogP contribution in [0.25, 0.3) is 0 Å². The molecule has 144 valence electrons. The fourth-order valence-corrected chi connectivity index (χ4v) is 2.83. The van der Waals surface area contributed by atoms with E-state index >= 15 is 0 Å². The second-order valence-electron chi connectivity index (χ2n) is 7.14. The van der Waals surface area contributed by atoms with E-state index in [2.05, 4.69) is 10.6 Å². The Hall–Kier alpha value is -1.59. The molecular weight excluding hydrogens is 320 g/mol. The van der Waals surface area contributed by atoms with Crippen LogP contribution < -0.4 is 10.6 Å². The molecule has 0 aliphatic carbocycles. The second-order valence-corrected chi connectivity index (χ2v) is 7.14. The lowest BCUT2D eigenvalue weighted by Gasteiger charge is -2.21. The van der Waals surface area contributed by atoms with Crippen LogP contribution in [-0.4, -0.2) is 37.0 Å². The smallest absolute Gasteiger partial charge is 0.328 e. The minimum atomic E-state index is -0.575. The molecule has 0 aromatic rings. The van der Waals surface area contributed by atoms with Gasteiger partial charge in [0.2, 0.25) is 11.8 Å².